The minimum atomic E-state index is -4.22. The van der Waals surface area contributed by atoms with Crippen LogP contribution in [0, 0.1) is 0 Å². The van der Waals surface area contributed by atoms with Gasteiger partial charge in [-0.3, -0.25) is 9.35 Å². The molecule has 0 saturated heterocycles. The van der Waals surface area contributed by atoms with Crippen LogP contribution in [0.1, 0.15) is 10.4 Å². The molecular formula is C12H19NO4SSi. The van der Waals surface area contributed by atoms with Crippen molar-refractivity contribution in [2.75, 3.05) is 12.0 Å². The summed E-state index contributed by atoms with van der Waals surface area (Å²) < 4.78 is 31.1. The molecule has 1 N–H and O–H groups in total. The molecule has 106 valence electrons. The van der Waals surface area contributed by atoms with Gasteiger partial charge in [0.15, 0.2) is 0 Å². The second kappa shape index (κ2) is 5.85. The van der Waals surface area contributed by atoms with E-state index in [1.54, 1.807) is 30.3 Å². The molecule has 7 heteroatoms. The van der Waals surface area contributed by atoms with Crippen molar-refractivity contribution in [3.8, 4) is 0 Å². The molecule has 1 amide bonds. The van der Waals surface area contributed by atoms with Gasteiger partial charge in [-0.1, -0.05) is 37.8 Å². The normalized spacial score (nSPS) is 12.2. The lowest BCUT2D eigenvalue weighted by molar-refractivity contribution is 0.0801. The third-order valence-corrected chi connectivity index (χ3v) is 4.26. The van der Waals surface area contributed by atoms with E-state index in [1.807, 2.05) is 19.6 Å². The fraction of sp³-hybridized carbons (Fsp3) is 0.417. The molecule has 1 rings (SSSR count). The molecular weight excluding hydrogens is 282 g/mol. The van der Waals surface area contributed by atoms with E-state index >= 15 is 0 Å². The van der Waals surface area contributed by atoms with E-state index < -0.39 is 24.1 Å². The number of hydrogen-bond donors (Lipinski definition) is 1. The molecule has 0 spiro atoms. The van der Waals surface area contributed by atoms with E-state index in [4.69, 9.17) is 4.55 Å². The first-order valence-corrected chi connectivity index (χ1v) is 11.2. The maximum absolute atomic E-state index is 12.3. The number of amides is 1. The standard InChI is InChI=1S/C12H19NO4SSi/c1-19(2,3)10-13(9-18(15,16)17)12(14)11-7-5-4-6-8-11/h4-8H,9-10H2,1-3H3,(H,15,16,17). The Hall–Kier alpha value is -1.18. The fourth-order valence-electron chi connectivity index (χ4n) is 1.71. The molecule has 0 aliphatic carbocycles. The van der Waals surface area contributed by atoms with E-state index in [1.165, 1.54) is 4.90 Å². The molecule has 0 heterocycles. The Morgan fingerprint density at radius 2 is 1.74 bits per heavy atom. The van der Waals surface area contributed by atoms with E-state index in [0.717, 1.165) is 0 Å². The van der Waals surface area contributed by atoms with Crippen molar-refractivity contribution in [3.63, 3.8) is 0 Å². The van der Waals surface area contributed by atoms with Crippen LogP contribution in [-0.2, 0) is 10.1 Å². The zero-order chi connectivity index (χ0) is 14.7. The van der Waals surface area contributed by atoms with Crippen LogP contribution in [0.5, 0.6) is 0 Å². The third kappa shape index (κ3) is 5.99. The summed E-state index contributed by atoms with van der Waals surface area (Å²) in [6.45, 7) is 6.09. The molecule has 0 atom stereocenters. The van der Waals surface area contributed by atoms with Crippen molar-refractivity contribution in [3.05, 3.63) is 35.9 Å². The van der Waals surface area contributed by atoms with Gasteiger partial charge in [0.2, 0.25) is 0 Å². The fourth-order valence-corrected chi connectivity index (χ4v) is 3.87. The Morgan fingerprint density at radius 1 is 1.21 bits per heavy atom. The Kier molecular flexibility index (Phi) is 4.89. The van der Waals surface area contributed by atoms with Gasteiger partial charge < -0.3 is 4.90 Å². The van der Waals surface area contributed by atoms with Gasteiger partial charge in [-0.25, -0.2) is 0 Å². The number of hydrogen-bond acceptors (Lipinski definition) is 3. The van der Waals surface area contributed by atoms with Crippen LogP contribution in [0.2, 0.25) is 19.6 Å². The average Bonchev–Trinajstić information content (AvgIpc) is 2.24. The van der Waals surface area contributed by atoms with E-state index in [-0.39, 0.29) is 5.91 Å². The van der Waals surface area contributed by atoms with E-state index in [2.05, 4.69) is 0 Å². The molecule has 1 aromatic rings. The van der Waals surface area contributed by atoms with Gasteiger partial charge in [0.05, 0.1) is 8.07 Å². The van der Waals surface area contributed by atoms with Crippen LogP contribution in [0.3, 0.4) is 0 Å². The molecule has 0 saturated carbocycles. The zero-order valence-electron chi connectivity index (χ0n) is 11.3. The Labute approximate surface area is 115 Å². The number of benzene rings is 1. The summed E-state index contributed by atoms with van der Waals surface area (Å²) in [5.74, 6) is -1.04. The van der Waals surface area contributed by atoms with E-state index in [9.17, 15) is 13.2 Å². The van der Waals surface area contributed by atoms with Crippen LogP contribution >= 0.6 is 0 Å². The van der Waals surface area contributed by atoms with Gasteiger partial charge in [0.1, 0.15) is 5.88 Å². The van der Waals surface area contributed by atoms with Crippen molar-refractivity contribution in [1.29, 1.82) is 0 Å². The number of rotatable bonds is 5. The van der Waals surface area contributed by atoms with Gasteiger partial charge in [0, 0.05) is 11.7 Å². The smallest absolute Gasteiger partial charge is 0.283 e. The first-order valence-electron chi connectivity index (χ1n) is 5.88. The third-order valence-electron chi connectivity index (χ3n) is 2.29. The number of carbonyl (C=O) groups excluding carboxylic acids is 1. The molecule has 5 nitrogen and oxygen atoms in total. The summed E-state index contributed by atoms with van der Waals surface area (Å²) in [4.78, 5) is 13.5. The SMILES string of the molecule is C[Si](C)(C)CN(CS(=O)(=O)O)C(=O)c1ccccc1. The lowest BCUT2D eigenvalue weighted by Gasteiger charge is -2.27. The van der Waals surface area contributed by atoms with Crippen molar-refractivity contribution < 1.29 is 17.8 Å². The lowest BCUT2D eigenvalue weighted by atomic mass is 10.2. The molecule has 0 fully saturated rings. The molecule has 0 aliphatic rings. The molecule has 19 heavy (non-hydrogen) atoms. The minimum Gasteiger partial charge on any atom is -0.325 e. The van der Waals surface area contributed by atoms with Crippen LogP contribution in [0.25, 0.3) is 0 Å². The van der Waals surface area contributed by atoms with Crippen molar-refractivity contribution in [1.82, 2.24) is 4.90 Å². The first-order chi connectivity index (χ1) is 8.58. The van der Waals surface area contributed by atoms with Crippen LogP contribution in [0.15, 0.2) is 30.3 Å². The summed E-state index contributed by atoms with van der Waals surface area (Å²) in [5.41, 5.74) is 0.421. The number of nitrogens with zero attached hydrogens (tertiary/aromatic N) is 1. The van der Waals surface area contributed by atoms with Crippen molar-refractivity contribution >= 4 is 24.1 Å². The van der Waals surface area contributed by atoms with Crippen molar-refractivity contribution in [2.24, 2.45) is 0 Å². The van der Waals surface area contributed by atoms with E-state index in [0.29, 0.717) is 11.7 Å². The summed E-state index contributed by atoms with van der Waals surface area (Å²) in [6.07, 6.45) is 0.376. The Bertz CT molecular complexity index is 537. The van der Waals surface area contributed by atoms with Crippen LogP contribution in [0.4, 0.5) is 0 Å². The summed E-state index contributed by atoms with van der Waals surface area (Å²) in [7, 11) is -5.91. The molecule has 0 aromatic heterocycles. The van der Waals surface area contributed by atoms with Crippen LogP contribution < -0.4 is 0 Å². The minimum absolute atomic E-state index is 0.374. The highest BCUT2D eigenvalue weighted by atomic mass is 32.2. The van der Waals surface area contributed by atoms with Gasteiger partial charge in [-0.15, -0.1) is 0 Å². The molecule has 0 aliphatic heterocycles. The molecule has 0 unspecified atom stereocenters. The highest BCUT2D eigenvalue weighted by molar-refractivity contribution is 7.85. The largest absolute Gasteiger partial charge is 0.325 e. The second-order valence-corrected chi connectivity index (χ2v) is 12.5. The predicted octanol–water partition coefficient (Wildman–Crippen LogP) is 1.85. The quantitative estimate of drug-likeness (QED) is 0.665. The molecule has 1 aromatic carbocycles. The topological polar surface area (TPSA) is 74.7 Å². The summed E-state index contributed by atoms with van der Waals surface area (Å²) in [6, 6.07) is 8.47. The van der Waals surface area contributed by atoms with Gasteiger partial charge >= 0.3 is 0 Å². The molecule has 0 bridgehead atoms. The average molecular weight is 301 g/mol. The second-order valence-electron chi connectivity index (χ2n) is 5.64. The predicted molar refractivity (Wildman–Crippen MR) is 77.2 cm³/mol. The number of carbonyl (C=O) groups is 1. The maximum Gasteiger partial charge on any atom is 0.283 e. The summed E-state index contributed by atoms with van der Waals surface area (Å²) >= 11 is 0. The zero-order valence-corrected chi connectivity index (χ0v) is 13.1. The van der Waals surface area contributed by atoms with Gasteiger partial charge in [-0.05, 0) is 12.1 Å². The monoisotopic (exact) mass is 301 g/mol. The lowest BCUT2D eigenvalue weighted by Crippen LogP contribution is -2.45. The highest BCUT2D eigenvalue weighted by Crippen LogP contribution is 2.11. The van der Waals surface area contributed by atoms with Crippen LogP contribution in [-0.4, -0.2) is 43.9 Å². The first kappa shape index (κ1) is 15.9. The van der Waals surface area contributed by atoms with Crippen molar-refractivity contribution in [2.45, 2.75) is 19.6 Å². The Morgan fingerprint density at radius 3 is 2.16 bits per heavy atom. The van der Waals surface area contributed by atoms with Gasteiger partial charge in [-0.2, -0.15) is 8.42 Å². The summed E-state index contributed by atoms with van der Waals surface area (Å²) in [5, 5.41) is 0. The highest BCUT2D eigenvalue weighted by Gasteiger charge is 2.26. The molecule has 0 radical (unpaired) electrons. The maximum atomic E-state index is 12.3. The Balaban J connectivity index is 3.00. The van der Waals surface area contributed by atoms with Gasteiger partial charge in [0.25, 0.3) is 16.0 Å².